The largest absolute Gasteiger partial charge is 0.331 e. The predicted octanol–water partition coefficient (Wildman–Crippen LogP) is 5.14. The predicted molar refractivity (Wildman–Crippen MR) is 111 cm³/mol. The number of carbonyl (C=O) groups is 1. The molecule has 0 saturated heterocycles. The fourth-order valence-electron chi connectivity index (χ4n) is 3.24. The monoisotopic (exact) mass is 383 g/mol. The Labute approximate surface area is 165 Å². The van der Waals surface area contributed by atoms with Crippen LogP contribution >= 0.6 is 11.6 Å². The molecule has 0 aliphatic rings. The highest BCUT2D eigenvalue weighted by atomic mass is 35.5. The first-order valence-corrected chi connectivity index (χ1v) is 9.61. The number of fused-ring (bicyclic) bond motifs is 1. The van der Waals surface area contributed by atoms with Crippen LogP contribution in [0.25, 0.3) is 11.0 Å². The van der Waals surface area contributed by atoms with Gasteiger partial charge in [0.2, 0.25) is 0 Å². The molecule has 0 aliphatic heterocycles. The van der Waals surface area contributed by atoms with E-state index >= 15 is 0 Å². The van der Waals surface area contributed by atoms with E-state index in [0.29, 0.717) is 24.0 Å². The average Bonchev–Trinajstić information content (AvgIpc) is 2.91. The van der Waals surface area contributed by atoms with E-state index in [1.165, 1.54) is 5.56 Å². The third kappa shape index (κ3) is 4.16. The number of benzene rings is 2. The van der Waals surface area contributed by atoms with E-state index in [1.807, 2.05) is 59.8 Å². The molecule has 1 amide bonds. The van der Waals surface area contributed by atoms with E-state index in [1.54, 1.807) is 0 Å². The third-order valence-electron chi connectivity index (χ3n) is 4.89. The van der Waals surface area contributed by atoms with Crippen LogP contribution in [0.5, 0.6) is 0 Å². The number of halogens is 1. The van der Waals surface area contributed by atoms with Gasteiger partial charge in [-0.2, -0.15) is 0 Å². The fourth-order valence-corrected chi connectivity index (χ4v) is 3.41. The minimum atomic E-state index is 0.0388. The molecule has 0 fully saturated rings. The van der Waals surface area contributed by atoms with Crippen molar-refractivity contribution in [2.45, 2.75) is 34.2 Å². The van der Waals surface area contributed by atoms with Crippen LogP contribution in [0.3, 0.4) is 0 Å². The van der Waals surface area contributed by atoms with Crippen LogP contribution in [0.2, 0.25) is 5.02 Å². The lowest BCUT2D eigenvalue weighted by Crippen LogP contribution is -2.34. The van der Waals surface area contributed by atoms with Gasteiger partial charge in [-0.15, -0.1) is 0 Å². The zero-order valence-electron chi connectivity index (χ0n) is 16.6. The lowest BCUT2D eigenvalue weighted by atomic mass is 10.0. The van der Waals surface area contributed by atoms with Crippen molar-refractivity contribution >= 4 is 28.5 Å². The summed E-state index contributed by atoms with van der Waals surface area (Å²) in [4.78, 5) is 19.8. The Balaban J connectivity index is 1.94. The molecule has 1 heterocycles. The molecule has 5 heteroatoms. The molecule has 4 nitrogen and oxygen atoms in total. The number of aromatic nitrogens is 2. The number of nitrogens with zero attached hydrogens (tertiary/aromatic N) is 3. The number of carbonyl (C=O) groups excluding carboxylic acids is 1. The first-order chi connectivity index (χ1) is 12.8. The first kappa shape index (κ1) is 19.4. The van der Waals surface area contributed by atoms with E-state index in [0.717, 1.165) is 28.0 Å². The van der Waals surface area contributed by atoms with Crippen LogP contribution in [0.15, 0.2) is 36.4 Å². The van der Waals surface area contributed by atoms with Crippen LogP contribution in [-0.2, 0) is 13.6 Å². The lowest BCUT2D eigenvalue weighted by Gasteiger charge is -2.25. The molecule has 142 valence electrons. The second-order valence-corrected chi connectivity index (χ2v) is 8.04. The topological polar surface area (TPSA) is 38.1 Å². The third-order valence-corrected chi connectivity index (χ3v) is 5.13. The molecule has 3 aromatic rings. The summed E-state index contributed by atoms with van der Waals surface area (Å²) in [6.45, 7) is 9.47. The Kier molecular flexibility index (Phi) is 5.56. The van der Waals surface area contributed by atoms with Crippen molar-refractivity contribution in [2.75, 3.05) is 6.54 Å². The molecule has 0 bridgehead atoms. The maximum atomic E-state index is 13.2. The molecule has 0 atom stereocenters. The summed E-state index contributed by atoms with van der Waals surface area (Å²) in [6, 6.07) is 11.6. The molecule has 0 saturated carbocycles. The first-order valence-electron chi connectivity index (χ1n) is 9.23. The van der Waals surface area contributed by atoms with Gasteiger partial charge in [0.05, 0.1) is 17.6 Å². The van der Waals surface area contributed by atoms with Gasteiger partial charge in [-0.05, 0) is 61.2 Å². The van der Waals surface area contributed by atoms with Crippen LogP contribution in [0.1, 0.15) is 41.2 Å². The minimum absolute atomic E-state index is 0.0388. The zero-order chi connectivity index (χ0) is 19.7. The van der Waals surface area contributed by atoms with Crippen LogP contribution < -0.4 is 0 Å². The van der Waals surface area contributed by atoms with Crippen molar-refractivity contribution in [2.24, 2.45) is 13.0 Å². The Morgan fingerprint density at radius 1 is 1.15 bits per heavy atom. The Morgan fingerprint density at radius 3 is 2.56 bits per heavy atom. The zero-order valence-corrected chi connectivity index (χ0v) is 17.3. The van der Waals surface area contributed by atoms with Crippen LogP contribution in [0.4, 0.5) is 0 Å². The van der Waals surface area contributed by atoms with Crippen molar-refractivity contribution in [1.29, 1.82) is 0 Å². The molecule has 3 rings (SSSR count). The van der Waals surface area contributed by atoms with Crippen LogP contribution in [0, 0.1) is 19.8 Å². The second-order valence-electron chi connectivity index (χ2n) is 7.60. The van der Waals surface area contributed by atoms with Crippen LogP contribution in [-0.4, -0.2) is 26.9 Å². The van der Waals surface area contributed by atoms with Crippen molar-refractivity contribution in [3.63, 3.8) is 0 Å². The number of hydrogen-bond acceptors (Lipinski definition) is 2. The van der Waals surface area contributed by atoms with Gasteiger partial charge in [-0.25, -0.2) is 4.98 Å². The van der Waals surface area contributed by atoms with E-state index in [9.17, 15) is 4.79 Å². The molecular weight excluding hydrogens is 358 g/mol. The van der Waals surface area contributed by atoms with Gasteiger partial charge < -0.3 is 9.47 Å². The molecule has 0 N–H and O–H groups in total. The van der Waals surface area contributed by atoms with Gasteiger partial charge in [0.25, 0.3) is 5.91 Å². The standard InChI is InChI=1S/C22H26ClN3O/c1-14(2)12-26(22(27)17-7-6-15(3)16(4)10-17)13-21-24-19-9-8-18(23)11-20(19)25(21)5/h6-11,14H,12-13H2,1-5H3. The van der Waals surface area contributed by atoms with Gasteiger partial charge >= 0.3 is 0 Å². The minimum Gasteiger partial charge on any atom is -0.331 e. The second kappa shape index (κ2) is 7.73. The van der Waals surface area contributed by atoms with Gasteiger partial charge in [0.1, 0.15) is 5.82 Å². The molecule has 0 spiro atoms. The van der Waals surface area contributed by atoms with Crippen molar-refractivity contribution in [3.05, 3.63) is 63.9 Å². The van der Waals surface area contributed by atoms with E-state index < -0.39 is 0 Å². The van der Waals surface area contributed by atoms with Crippen molar-refractivity contribution in [3.8, 4) is 0 Å². The Morgan fingerprint density at radius 2 is 1.89 bits per heavy atom. The van der Waals surface area contributed by atoms with Crippen molar-refractivity contribution in [1.82, 2.24) is 14.5 Å². The summed E-state index contributed by atoms with van der Waals surface area (Å²) in [5.41, 5.74) is 4.90. The fraction of sp³-hybridized carbons (Fsp3) is 0.364. The summed E-state index contributed by atoms with van der Waals surface area (Å²) in [5.74, 6) is 1.26. The Bertz CT molecular complexity index is 991. The molecule has 2 aromatic carbocycles. The normalized spacial score (nSPS) is 11.4. The number of imidazole rings is 1. The molecule has 0 aliphatic carbocycles. The quantitative estimate of drug-likeness (QED) is 0.611. The van der Waals surface area contributed by atoms with E-state index in [4.69, 9.17) is 16.6 Å². The highest BCUT2D eigenvalue weighted by Gasteiger charge is 2.20. The van der Waals surface area contributed by atoms with E-state index in [2.05, 4.69) is 20.8 Å². The van der Waals surface area contributed by atoms with Gasteiger partial charge in [-0.3, -0.25) is 4.79 Å². The molecule has 27 heavy (non-hydrogen) atoms. The number of hydrogen-bond donors (Lipinski definition) is 0. The number of amides is 1. The van der Waals surface area contributed by atoms with Crippen molar-refractivity contribution < 1.29 is 4.79 Å². The molecule has 1 aromatic heterocycles. The summed E-state index contributed by atoms with van der Waals surface area (Å²) in [5, 5.41) is 0.683. The maximum absolute atomic E-state index is 13.2. The molecular formula is C22H26ClN3O. The maximum Gasteiger partial charge on any atom is 0.254 e. The smallest absolute Gasteiger partial charge is 0.254 e. The number of rotatable bonds is 5. The highest BCUT2D eigenvalue weighted by Crippen LogP contribution is 2.21. The summed E-state index contributed by atoms with van der Waals surface area (Å²) in [6.07, 6.45) is 0. The van der Waals surface area contributed by atoms with Gasteiger partial charge in [-0.1, -0.05) is 31.5 Å². The van der Waals surface area contributed by atoms with Gasteiger partial charge in [0, 0.05) is 24.2 Å². The number of aryl methyl sites for hydroxylation is 3. The summed E-state index contributed by atoms with van der Waals surface area (Å²) in [7, 11) is 1.97. The Hall–Kier alpha value is -2.33. The molecule has 0 radical (unpaired) electrons. The lowest BCUT2D eigenvalue weighted by molar-refractivity contribution is 0.0716. The summed E-state index contributed by atoms with van der Waals surface area (Å²) >= 11 is 6.13. The average molecular weight is 384 g/mol. The van der Waals surface area contributed by atoms with E-state index in [-0.39, 0.29) is 5.91 Å². The van der Waals surface area contributed by atoms with Gasteiger partial charge in [0.15, 0.2) is 0 Å². The highest BCUT2D eigenvalue weighted by molar-refractivity contribution is 6.31. The SMILES string of the molecule is Cc1ccc(C(=O)N(Cc2nc3ccc(Cl)cc3n2C)CC(C)C)cc1C. The molecule has 0 unspecified atom stereocenters. The summed E-state index contributed by atoms with van der Waals surface area (Å²) < 4.78 is 2.02.